The van der Waals surface area contributed by atoms with Crippen LogP contribution in [-0.2, 0) is 5.41 Å². The fraction of sp³-hybridized carbons (Fsp3) is 0.0588. The van der Waals surface area contributed by atoms with E-state index in [-0.39, 0.29) is 5.41 Å². The van der Waals surface area contributed by atoms with Gasteiger partial charge in [0.15, 0.2) is 5.82 Å². The summed E-state index contributed by atoms with van der Waals surface area (Å²) < 4.78 is 0. The van der Waals surface area contributed by atoms with Crippen molar-refractivity contribution in [1.29, 1.82) is 0 Å². The topological polar surface area (TPSA) is 25.8 Å². The van der Waals surface area contributed by atoms with Crippen molar-refractivity contribution in [1.82, 2.24) is 9.97 Å². The number of benzene rings is 8. The summed E-state index contributed by atoms with van der Waals surface area (Å²) in [7, 11) is 0. The summed E-state index contributed by atoms with van der Waals surface area (Å²) in [6.07, 6.45) is 0. The predicted octanol–water partition coefficient (Wildman–Crippen LogP) is 13.4. The Bertz CT molecular complexity index is 2850. The lowest BCUT2D eigenvalue weighted by Gasteiger charge is -2.22. The minimum Gasteiger partial charge on any atom is -0.228 e. The minimum atomic E-state index is -0.0631. The highest BCUT2D eigenvalue weighted by Crippen LogP contribution is 2.53. The molecule has 250 valence electrons. The van der Waals surface area contributed by atoms with Gasteiger partial charge in [0.05, 0.1) is 11.4 Å². The molecule has 0 N–H and O–H groups in total. The van der Waals surface area contributed by atoms with Crippen LogP contribution in [-0.4, -0.2) is 9.97 Å². The fourth-order valence-electron chi connectivity index (χ4n) is 8.57. The summed E-state index contributed by atoms with van der Waals surface area (Å²) >= 11 is 0. The van der Waals surface area contributed by atoms with E-state index in [0.29, 0.717) is 5.82 Å². The Morgan fingerprint density at radius 2 is 0.792 bits per heavy atom. The van der Waals surface area contributed by atoms with Crippen LogP contribution in [0.3, 0.4) is 0 Å². The second-order valence-electron chi connectivity index (χ2n) is 14.5. The molecule has 0 saturated heterocycles. The van der Waals surface area contributed by atoms with Gasteiger partial charge in [-0.05, 0) is 72.1 Å². The highest BCUT2D eigenvalue weighted by molar-refractivity contribution is 6.09. The summed E-state index contributed by atoms with van der Waals surface area (Å²) in [6.45, 7) is 4.69. The molecule has 53 heavy (non-hydrogen) atoms. The number of hydrogen-bond donors (Lipinski definition) is 0. The molecule has 0 amide bonds. The molecule has 2 nitrogen and oxygen atoms in total. The molecular formula is C51H36N2. The van der Waals surface area contributed by atoms with Gasteiger partial charge in [0.1, 0.15) is 0 Å². The molecule has 0 saturated carbocycles. The average molecular weight is 677 g/mol. The van der Waals surface area contributed by atoms with Crippen molar-refractivity contribution in [2.75, 3.05) is 0 Å². The lowest BCUT2D eigenvalue weighted by atomic mass is 9.81. The Morgan fingerprint density at radius 3 is 1.43 bits per heavy atom. The lowest BCUT2D eigenvalue weighted by molar-refractivity contribution is 0.660. The smallest absolute Gasteiger partial charge is 0.160 e. The summed E-state index contributed by atoms with van der Waals surface area (Å²) in [5.41, 5.74) is 15.2. The quantitative estimate of drug-likeness (QED) is 0.181. The highest BCUT2D eigenvalue weighted by atomic mass is 14.9. The third-order valence-corrected chi connectivity index (χ3v) is 11.1. The summed E-state index contributed by atoms with van der Waals surface area (Å²) in [5.74, 6) is 0.710. The number of aromatic nitrogens is 2. The number of rotatable bonds is 5. The Labute approximate surface area is 310 Å². The van der Waals surface area contributed by atoms with Crippen LogP contribution in [0.25, 0.3) is 88.8 Å². The SMILES string of the molecule is CC1(C)c2ccccc2-c2c(-c3ccc(-c4cc(-c5ccc(-c6ccccc6)c6ccccc56)nc(-c5ccccc5)n4)c4ccccc34)cccc21. The lowest BCUT2D eigenvalue weighted by Crippen LogP contribution is -2.14. The van der Waals surface area contributed by atoms with E-state index in [0.717, 1.165) is 28.1 Å². The molecule has 2 heteroatoms. The van der Waals surface area contributed by atoms with Gasteiger partial charge in [0.25, 0.3) is 0 Å². The molecule has 1 aliphatic rings. The number of nitrogens with zero attached hydrogens (tertiary/aromatic N) is 2. The van der Waals surface area contributed by atoms with Crippen molar-refractivity contribution < 1.29 is 0 Å². The maximum atomic E-state index is 5.29. The normalized spacial score (nSPS) is 12.9. The van der Waals surface area contributed by atoms with Gasteiger partial charge in [-0.1, -0.05) is 190 Å². The van der Waals surface area contributed by atoms with Gasteiger partial charge in [0.2, 0.25) is 0 Å². The van der Waals surface area contributed by atoms with E-state index in [1.807, 2.05) is 6.07 Å². The van der Waals surface area contributed by atoms with Gasteiger partial charge in [-0.15, -0.1) is 0 Å². The van der Waals surface area contributed by atoms with E-state index in [2.05, 4.69) is 190 Å². The zero-order chi connectivity index (χ0) is 35.5. The Kier molecular flexibility index (Phi) is 7.19. The second kappa shape index (κ2) is 12.3. The summed E-state index contributed by atoms with van der Waals surface area (Å²) in [6, 6.07) is 65.3. The van der Waals surface area contributed by atoms with E-state index >= 15 is 0 Å². The summed E-state index contributed by atoms with van der Waals surface area (Å²) in [4.78, 5) is 10.6. The van der Waals surface area contributed by atoms with E-state index in [1.165, 1.54) is 66.1 Å². The Hall–Kier alpha value is -6.64. The van der Waals surface area contributed by atoms with Crippen LogP contribution in [0.2, 0.25) is 0 Å². The molecule has 10 rings (SSSR count). The molecule has 1 aromatic heterocycles. The van der Waals surface area contributed by atoms with E-state index in [9.17, 15) is 0 Å². The molecule has 1 aliphatic carbocycles. The molecule has 0 bridgehead atoms. The van der Waals surface area contributed by atoms with Crippen molar-refractivity contribution >= 4 is 21.5 Å². The molecule has 0 radical (unpaired) electrons. The third-order valence-electron chi connectivity index (χ3n) is 11.1. The van der Waals surface area contributed by atoms with Gasteiger partial charge in [-0.25, -0.2) is 9.97 Å². The molecular weight excluding hydrogens is 641 g/mol. The van der Waals surface area contributed by atoms with Gasteiger partial charge >= 0.3 is 0 Å². The molecule has 0 unspecified atom stereocenters. The maximum absolute atomic E-state index is 5.29. The van der Waals surface area contributed by atoms with Crippen molar-refractivity contribution in [2.24, 2.45) is 0 Å². The third kappa shape index (κ3) is 5.02. The molecule has 9 aromatic rings. The van der Waals surface area contributed by atoms with E-state index < -0.39 is 0 Å². The molecule has 0 aliphatic heterocycles. The molecule has 0 atom stereocenters. The Balaban J connectivity index is 1.19. The average Bonchev–Trinajstić information content (AvgIpc) is 3.46. The largest absolute Gasteiger partial charge is 0.228 e. The summed E-state index contributed by atoms with van der Waals surface area (Å²) in [5, 5.41) is 4.74. The van der Waals surface area contributed by atoms with Crippen molar-refractivity contribution in [3.8, 4) is 67.3 Å². The first-order chi connectivity index (χ1) is 26.1. The molecule has 1 heterocycles. The van der Waals surface area contributed by atoms with Crippen LogP contribution in [0.15, 0.2) is 182 Å². The van der Waals surface area contributed by atoms with Crippen LogP contribution in [0, 0.1) is 0 Å². The number of hydrogen-bond acceptors (Lipinski definition) is 2. The van der Waals surface area contributed by atoms with Crippen molar-refractivity contribution in [2.45, 2.75) is 19.3 Å². The van der Waals surface area contributed by atoms with Gasteiger partial charge in [0, 0.05) is 22.1 Å². The van der Waals surface area contributed by atoms with Crippen LogP contribution in [0.1, 0.15) is 25.0 Å². The maximum Gasteiger partial charge on any atom is 0.160 e. The van der Waals surface area contributed by atoms with Gasteiger partial charge in [-0.2, -0.15) is 0 Å². The van der Waals surface area contributed by atoms with E-state index in [1.54, 1.807) is 0 Å². The monoisotopic (exact) mass is 676 g/mol. The first-order valence-electron chi connectivity index (χ1n) is 18.3. The minimum absolute atomic E-state index is 0.0631. The van der Waals surface area contributed by atoms with Gasteiger partial charge in [-0.3, -0.25) is 0 Å². The highest BCUT2D eigenvalue weighted by Gasteiger charge is 2.36. The van der Waals surface area contributed by atoms with Crippen molar-refractivity contribution in [3.63, 3.8) is 0 Å². The number of fused-ring (bicyclic) bond motifs is 5. The van der Waals surface area contributed by atoms with Gasteiger partial charge < -0.3 is 0 Å². The standard InChI is InChI=1S/C51H36N2/c1-51(2)45-26-14-13-24-44(45)49-43(25-15-27-46(49)51)40-29-31-42(39-23-12-10-21-37(39)40)48-32-47(52-50(53-48)34-18-7-4-8-19-34)41-30-28-35(33-16-5-3-6-17-33)36-20-9-11-22-38(36)41/h3-32H,1-2H3. The van der Waals surface area contributed by atoms with Crippen molar-refractivity contribution in [3.05, 3.63) is 193 Å². The Morgan fingerprint density at radius 1 is 0.340 bits per heavy atom. The molecule has 0 fully saturated rings. The zero-order valence-corrected chi connectivity index (χ0v) is 29.7. The van der Waals surface area contributed by atoms with Crippen LogP contribution in [0.4, 0.5) is 0 Å². The van der Waals surface area contributed by atoms with Crippen LogP contribution < -0.4 is 0 Å². The first kappa shape index (κ1) is 31.1. The fourth-order valence-corrected chi connectivity index (χ4v) is 8.57. The van der Waals surface area contributed by atoms with Crippen LogP contribution in [0.5, 0.6) is 0 Å². The predicted molar refractivity (Wildman–Crippen MR) is 222 cm³/mol. The van der Waals surface area contributed by atoms with E-state index in [4.69, 9.17) is 9.97 Å². The van der Waals surface area contributed by atoms with Crippen LogP contribution >= 0.6 is 0 Å². The second-order valence-corrected chi connectivity index (χ2v) is 14.5. The molecule has 0 spiro atoms. The zero-order valence-electron chi connectivity index (χ0n) is 29.7. The molecule has 8 aromatic carbocycles. The first-order valence-corrected chi connectivity index (χ1v) is 18.3.